The number of rotatable bonds is 9. The maximum Gasteiger partial charge on any atom is 0.132 e. The minimum Gasteiger partial charge on any atom is -0.359 e. The van der Waals surface area contributed by atoms with Crippen molar-refractivity contribution in [3.8, 4) is 0 Å². The molecule has 20 heavy (non-hydrogen) atoms. The molecular formula is C16H26BrN3. The Morgan fingerprint density at radius 1 is 1.50 bits per heavy atom. The van der Waals surface area contributed by atoms with Crippen molar-refractivity contribution in [2.45, 2.75) is 33.2 Å². The Morgan fingerprint density at radius 3 is 2.90 bits per heavy atom. The summed E-state index contributed by atoms with van der Waals surface area (Å²) in [5.41, 5.74) is 1.24. The summed E-state index contributed by atoms with van der Waals surface area (Å²) in [5.74, 6) is 1.72. The highest BCUT2D eigenvalue weighted by atomic mass is 79.9. The molecule has 0 radical (unpaired) electrons. The lowest BCUT2D eigenvalue weighted by Gasteiger charge is -2.21. The van der Waals surface area contributed by atoms with Crippen molar-refractivity contribution < 1.29 is 0 Å². The van der Waals surface area contributed by atoms with Crippen LogP contribution in [-0.2, 0) is 6.54 Å². The molecule has 1 heterocycles. The Bertz CT molecular complexity index is 418. The summed E-state index contributed by atoms with van der Waals surface area (Å²) in [6.45, 7) is 11.1. The summed E-state index contributed by atoms with van der Waals surface area (Å²) >= 11 is 3.51. The van der Waals surface area contributed by atoms with Gasteiger partial charge in [-0.25, -0.2) is 4.98 Å². The monoisotopic (exact) mass is 339 g/mol. The molecule has 0 unspecified atom stereocenters. The lowest BCUT2D eigenvalue weighted by molar-refractivity contribution is 0.551. The van der Waals surface area contributed by atoms with E-state index in [1.54, 1.807) is 0 Å². The average molecular weight is 340 g/mol. The first-order valence-electron chi connectivity index (χ1n) is 7.21. The summed E-state index contributed by atoms with van der Waals surface area (Å²) in [6, 6.07) is 2.15. The van der Waals surface area contributed by atoms with Crippen LogP contribution in [0.5, 0.6) is 0 Å². The van der Waals surface area contributed by atoms with E-state index in [-0.39, 0.29) is 0 Å². The van der Waals surface area contributed by atoms with Crippen LogP contribution in [0.4, 0.5) is 5.82 Å². The molecule has 0 aliphatic heterocycles. The smallest absolute Gasteiger partial charge is 0.132 e. The number of hydrogen-bond acceptors (Lipinski definition) is 3. The molecule has 1 N–H and O–H groups in total. The standard InChI is InChI=1S/C16H26BrN3/c1-5-6-7-8-20(4)16-14(9-15(17)12-19-16)11-18-10-13(2)3/h5,9,12-13,18H,1,6-8,10-11H2,2-4H3. The van der Waals surface area contributed by atoms with E-state index in [0.717, 1.165) is 42.8 Å². The van der Waals surface area contributed by atoms with E-state index < -0.39 is 0 Å². The summed E-state index contributed by atoms with van der Waals surface area (Å²) in [4.78, 5) is 6.79. The van der Waals surface area contributed by atoms with Gasteiger partial charge in [-0.1, -0.05) is 19.9 Å². The summed E-state index contributed by atoms with van der Waals surface area (Å²) in [5, 5.41) is 3.49. The van der Waals surface area contributed by atoms with E-state index in [0.29, 0.717) is 5.92 Å². The number of nitrogens with one attached hydrogen (secondary N) is 1. The second-order valence-electron chi connectivity index (χ2n) is 5.51. The van der Waals surface area contributed by atoms with Crippen LogP contribution in [0, 0.1) is 5.92 Å². The average Bonchev–Trinajstić information content (AvgIpc) is 2.38. The maximum atomic E-state index is 4.57. The van der Waals surface area contributed by atoms with Crippen LogP contribution in [0.15, 0.2) is 29.4 Å². The molecule has 0 aliphatic rings. The molecule has 0 saturated heterocycles. The molecule has 0 atom stereocenters. The van der Waals surface area contributed by atoms with E-state index >= 15 is 0 Å². The van der Waals surface area contributed by atoms with Gasteiger partial charge in [0.25, 0.3) is 0 Å². The molecule has 3 nitrogen and oxygen atoms in total. The van der Waals surface area contributed by atoms with Crippen molar-refractivity contribution in [2.75, 3.05) is 25.0 Å². The van der Waals surface area contributed by atoms with Crippen molar-refractivity contribution in [1.29, 1.82) is 0 Å². The quantitative estimate of drug-likeness (QED) is 0.544. The van der Waals surface area contributed by atoms with Gasteiger partial charge in [-0.3, -0.25) is 0 Å². The molecule has 0 spiro atoms. The number of anilines is 1. The Kier molecular flexibility index (Phi) is 7.85. The number of pyridine rings is 1. The van der Waals surface area contributed by atoms with Gasteiger partial charge >= 0.3 is 0 Å². The first-order valence-corrected chi connectivity index (χ1v) is 8.01. The Hall–Kier alpha value is -0.870. The fraction of sp³-hybridized carbons (Fsp3) is 0.562. The van der Waals surface area contributed by atoms with E-state index in [9.17, 15) is 0 Å². The first-order chi connectivity index (χ1) is 9.54. The highest BCUT2D eigenvalue weighted by Crippen LogP contribution is 2.21. The molecule has 0 saturated carbocycles. The minimum atomic E-state index is 0.656. The van der Waals surface area contributed by atoms with Gasteiger partial charge < -0.3 is 10.2 Å². The van der Waals surface area contributed by atoms with Gasteiger partial charge in [0.2, 0.25) is 0 Å². The maximum absolute atomic E-state index is 4.57. The molecule has 0 amide bonds. The van der Waals surface area contributed by atoms with Crippen molar-refractivity contribution in [3.63, 3.8) is 0 Å². The molecular weight excluding hydrogens is 314 g/mol. The van der Waals surface area contributed by atoms with Gasteiger partial charge in [-0.15, -0.1) is 6.58 Å². The Balaban J connectivity index is 2.70. The third kappa shape index (κ3) is 6.06. The predicted octanol–water partition coefficient (Wildman–Crippen LogP) is 3.99. The Labute approximate surface area is 131 Å². The van der Waals surface area contributed by atoms with Gasteiger partial charge in [0.1, 0.15) is 5.82 Å². The van der Waals surface area contributed by atoms with Crippen LogP contribution in [0.1, 0.15) is 32.3 Å². The van der Waals surface area contributed by atoms with Crippen LogP contribution < -0.4 is 10.2 Å². The number of halogens is 1. The number of nitrogens with zero attached hydrogens (tertiary/aromatic N) is 2. The van der Waals surface area contributed by atoms with Gasteiger partial charge in [-0.05, 0) is 47.3 Å². The van der Waals surface area contributed by atoms with Crippen LogP contribution in [0.3, 0.4) is 0 Å². The van der Waals surface area contributed by atoms with E-state index in [1.165, 1.54) is 5.56 Å². The van der Waals surface area contributed by atoms with Crippen molar-refractivity contribution >= 4 is 21.7 Å². The molecule has 1 aromatic rings. The predicted molar refractivity (Wildman–Crippen MR) is 91.2 cm³/mol. The van der Waals surface area contributed by atoms with Gasteiger partial charge in [0.15, 0.2) is 0 Å². The molecule has 0 aromatic carbocycles. The summed E-state index contributed by atoms with van der Waals surface area (Å²) in [7, 11) is 2.10. The van der Waals surface area contributed by atoms with E-state index in [2.05, 4.69) is 64.7 Å². The van der Waals surface area contributed by atoms with Gasteiger partial charge in [0.05, 0.1) is 0 Å². The minimum absolute atomic E-state index is 0.656. The third-order valence-corrected chi connectivity index (χ3v) is 3.47. The van der Waals surface area contributed by atoms with Crippen LogP contribution >= 0.6 is 15.9 Å². The first kappa shape index (κ1) is 17.2. The Morgan fingerprint density at radius 2 is 2.25 bits per heavy atom. The molecule has 0 fully saturated rings. The second kappa shape index (κ2) is 9.14. The summed E-state index contributed by atoms with van der Waals surface area (Å²) in [6.07, 6.45) is 5.98. The number of unbranched alkanes of at least 4 members (excludes halogenated alkanes) is 1. The normalized spacial score (nSPS) is 10.8. The second-order valence-corrected chi connectivity index (χ2v) is 6.43. The van der Waals surface area contributed by atoms with Crippen molar-refractivity contribution in [1.82, 2.24) is 10.3 Å². The highest BCUT2D eigenvalue weighted by molar-refractivity contribution is 9.10. The highest BCUT2D eigenvalue weighted by Gasteiger charge is 2.09. The van der Waals surface area contributed by atoms with Crippen molar-refractivity contribution in [2.24, 2.45) is 5.92 Å². The molecule has 1 rings (SSSR count). The van der Waals surface area contributed by atoms with Gasteiger partial charge in [-0.2, -0.15) is 0 Å². The zero-order valence-corrected chi connectivity index (χ0v) is 14.4. The SMILES string of the molecule is C=CCCCN(C)c1ncc(Br)cc1CNCC(C)C. The van der Waals surface area contributed by atoms with Crippen LogP contribution in [-0.4, -0.2) is 25.1 Å². The lowest BCUT2D eigenvalue weighted by atomic mass is 10.2. The number of allylic oxidation sites excluding steroid dienone is 1. The number of hydrogen-bond donors (Lipinski definition) is 1. The molecule has 4 heteroatoms. The van der Waals surface area contributed by atoms with E-state index in [1.807, 2.05) is 12.3 Å². The molecule has 1 aromatic heterocycles. The fourth-order valence-corrected chi connectivity index (χ4v) is 2.40. The number of aromatic nitrogens is 1. The third-order valence-electron chi connectivity index (χ3n) is 3.04. The lowest BCUT2D eigenvalue weighted by Crippen LogP contribution is -2.24. The molecule has 0 bridgehead atoms. The van der Waals surface area contributed by atoms with Crippen LogP contribution in [0.25, 0.3) is 0 Å². The van der Waals surface area contributed by atoms with Crippen LogP contribution in [0.2, 0.25) is 0 Å². The van der Waals surface area contributed by atoms with Crippen molar-refractivity contribution in [3.05, 3.63) is 35.0 Å². The largest absolute Gasteiger partial charge is 0.359 e. The zero-order valence-electron chi connectivity index (χ0n) is 12.8. The summed E-state index contributed by atoms with van der Waals surface area (Å²) < 4.78 is 1.03. The van der Waals surface area contributed by atoms with Gasteiger partial charge in [0, 0.05) is 36.4 Å². The fourth-order valence-electron chi connectivity index (χ4n) is 2.02. The molecule has 112 valence electrons. The topological polar surface area (TPSA) is 28.2 Å². The zero-order chi connectivity index (χ0) is 15.0. The van der Waals surface area contributed by atoms with E-state index in [4.69, 9.17) is 0 Å². The molecule has 0 aliphatic carbocycles.